The largest absolute Gasteiger partial charge is 0.404 e. The molecule has 13 heavy (non-hydrogen) atoms. The summed E-state index contributed by atoms with van der Waals surface area (Å²) < 4.78 is 0. The second-order valence-corrected chi connectivity index (χ2v) is 2.30. The van der Waals surface area contributed by atoms with E-state index in [1.54, 1.807) is 19.1 Å². The highest BCUT2D eigenvalue weighted by molar-refractivity contribution is 5.85. The molecule has 0 spiro atoms. The molecule has 1 aromatic carbocycles. The van der Waals surface area contributed by atoms with Crippen molar-refractivity contribution in [3.8, 4) is 5.75 Å². The van der Waals surface area contributed by atoms with Crippen LogP contribution in [0, 0.1) is 17.0 Å². The van der Waals surface area contributed by atoms with Crippen LogP contribution in [0.4, 0.5) is 5.69 Å². The molecule has 0 bridgehead atoms. The van der Waals surface area contributed by atoms with Crippen LogP contribution in [0.25, 0.3) is 0 Å². The van der Waals surface area contributed by atoms with Gasteiger partial charge >= 0.3 is 5.69 Å². The third-order valence-electron chi connectivity index (χ3n) is 1.51. The summed E-state index contributed by atoms with van der Waals surface area (Å²) in [4.78, 5) is 14.3. The predicted molar refractivity (Wildman–Crippen MR) is 49.9 cm³/mol. The molecule has 0 heterocycles. The van der Waals surface area contributed by atoms with Gasteiger partial charge in [0.05, 0.1) is 4.92 Å². The van der Waals surface area contributed by atoms with Gasteiger partial charge in [-0.2, -0.15) is 5.90 Å². The fourth-order valence-corrected chi connectivity index (χ4v) is 0.934. The van der Waals surface area contributed by atoms with Gasteiger partial charge in [0, 0.05) is 11.6 Å². The molecule has 0 saturated heterocycles. The molecule has 6 heteroatoms. The Morgan fingerprint density at radius 1 is 1.54 bits per heavy atom. The Bertz CT molecular complexity index is 317. The molecule has 5 nitrogen and oxygen atoms in total. The predicted octanol–water partition coefficient (Wildman–Crippen LogP) is 1.58. The molecular formula is C7H9ClN2O3. The number of hydrogen-bond acceptors (Lipinski definition) is 4. The Kier molecular flexibility index (Phi) is 4.16. The van der Waals surface area contributed by atoms with Crippen LogP contribution in [-0.2, 0) is 0 Å². The number of rotatable bonds is 2. The highest BCUT2D eigenvalue weighted by Gasteiger charge is 2.15. The number of nitrogens with two attached hydrogens (primary N) is 1. The van der Waals surface area contributed by atoms with E-state index in [1.165, 1.54) is 6.07 Å². The first-order valence-corrected chi connectivity index (χ1v) is 3.27. The highest BCUT2D eigenvalue weighted by atomic mass is 35.5. The minimum absolute atomic E-state index is 0. The average molecular weight is 205 g/mol. The molecule has 1 aromatic rings. The van der Waals surface area contributed by atoms with Gasteiger partial charge in [-0.15, -0.1) is 12.4 Å². The van der Waals surface area contributed by atoms with E-state index in [-0.39, 0.29) is 23.8 Å². The first-order chi connectivity index (χ1) is 5.66. The fourth-order valence-electron chi connectivity index (χ4n) is 0.934. The van der Waals surface area contributed by atoms with Crippen molar-refractivity contribution in [3.63, 3.8) is 0 Å². The maximum absolute atomic E-state index is 10.4. The molecule has 0 aliphatic heterocycles. The SMILES string of the molecule is Cc1cccc([N+](=O)[O-])c1ON.Cl. The van der Waals surface area contributed by atoms with Crippen molar-refractivity contribution in [1.29, 1.82) is 0 Å². The maximum Gasteiger partial charge on any atom is 0.313 e. The summed E-state index contributed by atoms with van der Waals surface area (Å²) in [6.07, 6.45) is 0. The molecule has 0 radical (unpaired) electrons. The Morgan fingerprint density at radius 3 is 2.54 bits per heavy atom. The first kappa shape index (κ1) is 11.7. The lowest BCUT2D eigenvalue weighted by molar-refractivity contribution is -0.386. The van der Waals surface area contributed by atoms with E-state index in [2.05, 4.69) is 4.84 Å². The van der Waals surface area contributed by atoms with Crippen molar-refractivity contribution in [2.75, 3.05) is 0 Å². The van der Waals surface area contributed by atoms with Crippen LogP contribution in [0.3, 0.4) is 0 Å². The van der Waals surface area contributed by atoms with Crippen LogP contribution in [-0.4, -0.2) is 4.92 Å². The zero-order valence-electron chi connectivity index (χ0n) is 6.89. The van der Waals surface area contributed by atoms with Gasteiger partial charge in [0.1, 0.15) is 0 Å². The smallest absolute Gasteiger partial charge is 0.313 e. The third kappa shape index (κ3) is 2.30. The minimum atomic E-state index is -0.533. The van der Waals surface area contributed by atoms with Gasteiger partial charge in [0.15, 0.2) is 0 Å². The molecule has 72 valence electrons. The van der Waals surface area contributed by atoms with Gasteiger partial charge < -0.3 is 4.84 Å². The van der Waals surface area contributed by atoms with Crippen molar-refractivity contribution in [3.05, 3.63) is 33.9 Å². The van der Waals surface area contributed by atoms with Gasteiger partial charge in [0.2, 0.25) is 5.75 Å². The van der Waals surface area contributed by atoms with Crippen molar-refractivity contribution < 1.29 is 9.76 Å². The van der Waals surface area contributed by atoms with E-state index in [4.69, 9.17) is 5.90 Å². The van der Waals surface area contributed by atoms with Crippen LogP contribution in [0.2, 0.25) is 0 Å². The van der Waals surface area contributed by atoms with E-state index in [9.17, 15) is 10.1 Å². The molecule has 0 aliphatic rings. The standard InChI is InChI=1S/C7H8N2O3.ClH/c1-5-3-2-4-6(9(10)11)7(5)12-8;/h2-4H,8H2,1H3;1H. The van der Waals surface area contributed by atoms with Gasteiger partial charge in [-0.25, -0.2) is 0 Å². The second kappa shape index (κ2) is 4.64. The molecule has 0 unspecified atom stereocenters. The molecule has 2 N–H and O–H groups in total. The summed E-state index contributed by atoms with van der Waals surface area (Å²) >= 11 is 0. The van der Waals surface area contributed by atoms with E-state index >= 15 is 0 Å². The number of nitrogens with zero attached hydrogens (tertiary/aromatic N) is 1. The molecular weight excluding hydrogens is 196 g/mol. The second-order valence-electron chi connectivity index (χ2n) is 2.30. The topological polar surface area (TPSA) is 78.4 Å². The third-order valence-corrected chi connectivity index (χ3v) is 1.51. The van der Waals surface area contributed by atoms with Crippen molar-refractivity contribution in [2.45, 2.75) is 6.92 Å². The van der Waals surface area contributed by atoms with Crippen LogP contribution < -0.4 is 10.7 Å². The van der Waals surface area contributed by atoms with Crippen LogP contribution in [0.1, 0.15) is 5.56 Å². The molecule has 0 aliphatic carbocycles. The monoisotopic (exact) mass is 204 g/mol. The molecule has 1 rings (SSSR count). The molecule has 0 saturated carbocycles. The van der Waals surface area contributed by atoms with Crippen LogP contribution in [0.15, 0.2) is 18.2 Å². The van der Waals surface area contributed by atoms with Gasteiger partial charge in [-0.3, -0.25) is 10.1 Å². The molecule has 0 amide bonds. The van der Waals surface area contributed by atoms with E-state index < -0.39 is 4.92 Å². The number of hydrogen-bond donors (Lipinski definition) is 1. The van der Waals surface area contributed by atoms with E-state index in [1.807, 2.05) is 0 Å². The number of nitro groups is 1. The summed E-state index contributed by atoms with van der Waals surface area (Å²) in [5.41, 5.74) is 0.532. The molecule has 0 aromatic heterocycles. The van der Waals surface area contributed by atoms with Crippen molar-refractivity contribution in [1.82, 2.24) is 0 Å². The van der Waals surface area contributed by atoms with Crippen LogP contribution >= 0.6 is 12.4 Å². The zero-order valence-corrected chi connectivity index (χ0v) is 7.71. The number of nitro benzene ring substituents is 1. The quantitative estimate of drug-likeness (QED) is 0.586. The summed E-state index contributed by atoms with van der Waals surface area (Å²) in [5.74, 6) is 5.00. The fraction of sp³-hybridized carbons (Fsp3) is 0.143. The minimum Gasteiger partial charge on any atom is -0.404 e. The highest BCUT2D eigenvalue weighted by Crippen LogP contribution is 2.28. The van der Waals surface area contributed by atoms with Crippen molar-refractivity contribution in [2.24, 2.45) is 5.90 Å². The lowest BCUT2D eigenvalue weighted by Gasteiger charge is -2.02. The van der Waals surface area contributed by atoms with E-state index in [0.29, 0.717) is 5.56 Å². The lowest BCUT2D eigenvalue weighted by atomic mass is 10.2. The number of aryl methyl sites for hydroxylation is 1. The molecule has 0 atom stereocenters. The normalized spacial score (nSPS) is 8.77. The van der Waals surface area contributed by atoms with Crippen LogP contribution in [0.5, 0.6) is 5.75 Å². The first-order valence-electron chi connectivity index (χ1n) is 3.27. The average Bonchev–Trinajstić information content (AvgIpc) is 2.03. The molecule has 0 fully saturated rings. The summed E-state index contributed by atoms with van der Waals surface area (Å²) in [7, 11) is 0. The lowest BCUT2D eigenvalue weighted by Crippen LogP contribution is -2.06. The number of benzene rings is 1. The number of halogens is 1. The Hall–Kier alpha value is -1.33. The number of para-hydroxylation sites is 1. The summed E-state index contributed by atoms with van der Waals surface area (Å²) in [6, 6.07) is 4.61. The summed E-state index contributed by atoms with van der Waals surface area (Å²) in [5, 5.41) is 10.4. The van der Waals surface area contributed by atoms with Crippen molar-refractivity contribution >= 4 is 18.1 Å². The Labute approximate surface area is 81.0 Å². The maximum atomic E-state index is 10.4. The Balaban J connectivity index is 0.00000144. The summed E-state index contributed by atoms with van der Waals surface area (Å²) in [6.45, 7) is 1.69. The van der Waals surface area contributed by atoms with Gasteiger partial charge in [-0.1, -0.05) is 12.1 Å². The Morgan fingerprint density at radius 2 is 2.15 bits per heavy atom. The van der Waals surface area contributed by atoms with E-state index in [0.717, 1.165) is 0 Å². The van der Waals surface area contributed by atoms with Gasteiger partial charge in [0.25, 0.3) is 0 Å². The van der Waals surface area contributed by atoms with Gasteiger partial charge in [-0.05, 0) is 6.92 Å². The zero-order chi connectivity index (χ0) is 9.14.